The highest BCUT2D eigenvalue weighted by molar-refractivity contribution is 7.00. The van der Waals surface area contributed by atoms with Crippen LogP contribution in [0.3, 0.4) is 0 Å². The number of hydrogen-bond acceptors (Lipinski definition) is 5. The maximum absolute atomic E-state index is 15.0. The number of benzene rings is 5. The van der Waals surface area contributed by atoms with E-state index in [-0.39, 0.29) is 11.1 Å². The molecule has 0 amide bonds. The molecule has 5 aromatic carbocycles. The minimum absolute atomic E-state index is 0.0889. The molecule has 0 saturated heterocycles. The first-order valence-corrected chi connectivity index (χ1v) is 13.2. The molecule has 0 fully saturated rings. The van der Waals surface area contributed by atoms with Crippen LogP contribution < -0.4 is 0 Å². The highest BCUT2D eigenvalue weighted by Gasteiger charge is 2.21. The normalized spacial score (nSPS) is 11.1. The van der Waals surface area contributed by atoms with Crippen molar-refractivity contribution in [1.29, 1.82) is 5.26 Å². The van der Waals surface area contributed by atoms with Gasteiger partial charge in [0.05, 0.1) is 46.7 Å². The van der Waals surface area contributed by atoms with Crippen LogP contribution in [0.15, 0.2) is 91.0 Å². The fraction of sp³-hybridized carbons (Fsp3) is 0. The Morgan fingerprint density at radius 2 is 1.49 bits per heavy atom. The third-order valence-electron chi connectivity index (χ3n) is 7.11. The Morgan fingerprint density at radius 3 is 2.24 bits per heavy atom. The van der Waals surface area contributed by atoms with Gasteiger partial charge < -0.3 is 0 Å². The Labute approximate surface area is 236 Å². The van der Waals surface area contributed by atoms with Gasteiger partial charge in [0.15, 0.2) is 5.69 Å². The highest BCUT2D eigenvalue weighted by atomic mass is 32.1. The van der Waals surface area contributed by atoms with Crippen molar-refractivity contribution in [3.8, 4) is 39.6 Å². The molecule has 41 heavy (non-hydrogen) atoms. The average molecular weight is 552 g/mol. The Hall–Kier alpha value is -5.57. The van der Waals surface area contributed by atoms with E-state index in [0.29, 0.717) is 33.5 Å². The molecule has 0 aliphatic carbocycles. The fourth-order valence-electron chi connectivity index (χ4n) is 5.31. The number of halogens is 2. The molecule has 2 heterocycles. The third-order valence-corrected chi connectivity index (χ3v) is 7.64. The van der Waals surface area contributed by atoms with Crippen LogP contribution in [0.25, 0.3) is 71.1 Å². The number of rotatable bonds is 3. The lowest BCUT2D eigenvalue weighted by Gasteiger charge is -2.15. The van der Waals surface area contributed by atoms with E-state index in [1.165, 1.54) is 0 Å². The number of para-hydroxylation sites is 1. The van der Waals surface area contributed by atoms with Crippen molar-refractivity contribution in [2.24, 2.45) is 0 Å². The van der Waals surface area contributed by atoms with Crippen LogP contribution in [-0.4, -0.2) is 13.7 Å². The van der Waals surface area contributed by atoms with Gasteiger partial charge in [-0.15, -0.1) is 0 Å². The predicted molar refractivity (Wildman–Crippen MR) is 157 cm³/mol. The van der Waals surface area contributed by atoms with Gasteiger partial charge >= 0.3 is 0 Å². The molecular weight excluding hydrogens is 536 g/mol. The molecule has 0 aliphatic heterocycles. The van der Waals surface area contributed by atoms with Crippen LogP contribution in [0.5, 0.6) is 0 Å². The monoisotopic (exact) mass is 551 g/mol. The molecule has 0 aliphatic rings. The number of aromatic nitrogens is 3. The molecule has 7 rings (SSSR count). The first kappa shape index (κ1) is 24.5. The Kier molecular flexibility index (Phi) is 5.71. The van der Waals surface area contributed by atoms with E-state index < -0.39 is 11.6 Å². The van der Waals surface area contributed by atoms with Crippen molar-refractivity contribution < 1.29 is 8.78 Å². The standard InChI is InChI=1S/C33H15F2N5S/c1-37-27-10-6-5-9-21(27)23-16-24-30(33-32(23)39-41-40-33)22-12-11-20(29-25(34)13-18(17-36)14-26(29)35)15-28(22)38-31(24)19-7-3-2-4-8-19/h2-16H. The second kappa shape index (κ2) is 9.56. The van der Waals surface area contributed by atoms with Crippen LogP contribution in [0.1, 0.15) is 5.56 Å². The molecule has 2 aromatic heterocycles. The second-order valence-corrected chi connectivity index (χ2v) is 9.95. The molecule has 8 heteroatoms. The summed E-state index contributed by atoms with van der Waals surface area (Å²) in [5, 5.41) is 11.5. The zero-order valence-electron chi connectivity index (χ0n) is 21.1. The van der Waals surface area contributed by atoms with Crippen LogP contribution in [0, 0.1) is 29.5 Å². The van der Waals surface area contributed by atoms with Crippen molar-refractivity contribution in [3.63, 3.8) is 0 Å². The lowest BCUT2D eigenvalue weighted by Crippen LogP contribution is -1.95. The smallest absolute Gasteiger partial charge is 0.194 e. The van der Waals surface area contributed by atoms with Gasteiger partial charge in [-0.1, -0.05) is 66.7 Å². The maximum atomic E-state index is 15.0. The number of nitrogens with zero attached hydrogens (tertiary/aromatic N) is 5. The fourth-order valence-corrected chi connectivity index (χ4v) is 5.87. The Morgan fingerprint density at radius 1 is 0.756 bits per heavy atom. The molecule has 7 aromatic rings. The summed E-state index contributed by atoms with van der Waals surface area (Å²) in [5.41, 5.74) is 5.41. The summed E-state index contributed by atoms with van der Waals surface area (Å²) in [6, 6.07) is 28.0. The topological polar surface area (TPSA) is 66.8 Å². The average Bonchev–Trinajstić information content (AvgIpc) is 3.50. The largest absolute Gasteiger partial charge is 0.247 e. The van der Waals surface area contributed by atoms with Crippen molar-refractivity contribution in [1.82, 2.24) is 13.7 Å². The van der Waals surface area contributed by atoms with Crippen molar-refractivity contribution in [2.45, 2.75) is 0 Å². The molecule has 0 saturated carbocycles. The zero-order valence-corrected chi connectivity index (χ0v) is 21.9. The minimum Gasteiger partial charge on any atom is -0.247 e. The number of hydrogen-bond donors (Lipinski definition) is 0. The number of fused-ring (bicyclic) bond motifs is 5. The summed E-state index contributed by atoms with van der Waals surface area (Å²) < 4.78 is 39.2. The van der Waals surface area contributed by atoms with Gasteiger partial charge in [-0.25, -0.2) is 18.6 Å². The summed E-state index contributed by atoms with van der Waals surface area (Å²) in [5.74, 6) is -1.64. The van der Waals surface area contributed by atoms with E-state index in [1.807, 2.05) is 54.6 Å². The highest BCUT2D eigenvalue weighted by Crippen LogP contribution is 2.43. The number of pyridine rings is 1. The third kappa shape index (κ3) is 3.89. The first-order chi connectivity index (χ1) is 20.1. The van der Waals surface area contributed by atoms with Crippen molar-refractivity contribution in [3.05, 3.63) is 120 Å². The lowest BCUT2D eigenvalue weighted by molar-refractivity contribution is 0.589. The minimum atomic E-state index is -0.820. The molecule has 192 valence electrons. The summed E-state index contributed by atoms with van der Waals surface area (Å²) in [6.45, 7) is 7.71. The van der Waals surface area contributed by atoms with Gasteiger partial charge in [-0.05, 0) is 35.4 Å². The molecule has 0 spiro atoms. The molecule has 0 radical (unpaired) electrons. The second-order valence-electron chi connectivity index (χ2n) is 9.42. The SMILES string of the molecule is [C-]#[N+]c1ccccc1-c1cc2c(-c3ccccc3)nc3cc(-c4c(F)cc(C#N)cc4F)ccc3c2c2nsnc12. The van der Waals surface area contributed by atoms with E-state index in [9.17, 15) is 8.78 Å². The summed E-state index contributed by atoms with van der Waals surface area (Å²) in [4.78, 5) is 8.74. The summed E-state index contributed by atoms with van der Waals surface area (Å²) >= 11 is 1.08. The van der Waals surface area contributed by atoms with E-state index in [1.54, 1.807) is 30.3 Å². The first-order valence-electron chi connectivity index (χ1n) is 12.5. The molecular formula is C33H15F2N5S. The van der Waals surface area contributed by atoms with Crippen LogP contribution in [0.2, 0.25) is 0 Å². The van der Waals surface area contributed by atoms with E-state index >= 15 is 0 Å². The van der Waals surface area contributed by atoms with E-state index in [2.05, 4.69) is 13.6 Å². The summed E-state index contributed by atoms with van der Waals surface area (Å²) in [6.07, 6.45) is 0. The maximum Gasteiger partial charge on any atom is 0.194 e. The molecule has 0 N–H and O–H groups in total. The quantitative estimate of drug-likeness (QED) is 0.162. The molecule has 0 atom stereocenters. The van der Waals surface area contributed by atoms with Crippen molar-refractivity contribution in [2.75, 3.05) is 0 Å². The Balaban J connectivity index is 1.60. The zero-order chi connectivity index (χ0) is 28.1. The van der Waals surface area contributed by atoms with Gasteiger partial charge in [-0.3, -0.25) is 0 Å². The van der Waals surface area contributed by atoms with Crippen LogP contribution in [0.4, 0.5) is 14.5 Å². The van der Waals surface area contributed by atoms with E-state index in [4.69, 9.17) is 16.8 Å². The number of nitriles is 1. The molecule has 0 bridgehead atoms. The molecule has 0 unspecified atom stereocenters. The predicted octanol–water partition coefficient (Wildman–Crippen LogP) is 9.09. The van der Waals surface area contributed by atoms with Gasteiger partial charge in [0.2, 0.25) is 0 Å². The van der Waals surface area contributed by atoms with Gasteiger partial charge in [-0.2, -0.15) is 14.0 Å². The van der Waals surface area contributed by atoms with Crippen LogP contribution >= 0.6 is 11.7 Å². The van der Waals surface area contributed by atoms with Gasteiger partial charge in [0.25, 0.3) is 0 Å². The Bertz CT molecular complexity index is 2240. The van der Waals surface area contributed by atoms with Gasteiger partial charge in [0.1, 0.15) is 22.7 Å². The van der Waals surface area contributed by atoms with E-state index in [0.717, 1.165) is 56.7 Å². The molecule has 5 nitrogen and oxygen atoms in total. The van der Waals surface area contributed by atoms with Crippen LogP contribution in [-0.2, 0) is 0 Å². The van der Waals surface area contributed by atoms with Gasteiger partial charge in [0, 0.05) is 27.3 Å². The lowest BCUT2D eigenvalue weighted by atomic mass is 9.92. The summed E-state index contributed by atoms with van der Waals surface area (Å²) in [7, 11) is 0. The van der Waals surface area contributed by atoms with Crippen molar-refractivity contribution >= 4 is 50.1 Å².